The van der Waals surface area contributed by atoms with Gasteiger partial charge in [-0.1, -0.05) is 206 Å². The first-order valence-electron chi connectivity index (χ1n) is 22.7. The molecule has 0 saturated carbocycles. The second kappa shape index (κ2) is 35.7. The Hall–Kier alpha value is -2.36. The third-order valence-corrected chi connectivity index (χ3v) is 10.5. The van der Waals surface area contributed by atoms with Gasteiger partial charge in [0.05, 0.1) is 24.6 Å². The molecule has 2 aromatic carbocycles. The van der Waals surface area contributed by atoms with Crippen molar-refractivity contribution in [1.29, 1.82) is 0 Å². The van der Waals surface area contributed by atoms with Crippen molar-refractivity contribution in [3.05, 3.63) is 48.5 Å². The van der Waals surface area contributed by atoms with E-state index in [2.05, 4.69) is 24.1 Å². The maximum Gasteiger partial charge on any atom is 0.119 e. The molecule has 52 heavy (non-hydrogen) atoms. The summed E-state index contributed by atoms with van der Waals surface area (Å²) < 4.78 is 11.9. The lowest BCUT2D eigenvalue weighted by Gasteiger charge is -2.07. The molecule has 0 aliphatic carbocycles. The highest BCUT2D eigenvalue weighted by atomic mass is 16.5. The highest BCUT2D eigenvalue weighted by molar-refractivity contribution is 5.44. The van der Waals surface area contributed by atoms with Crippen LogP contribution in [0.4, 0.5) is 11.4 Å². The van der Waals surface area contributed by atoms with E-state index in [-0.39, 0.29) is 0 Å². The molecule has 0 saturated heterocycles. The van der Waals surface area contributed by atoms with Crippen molar-refractivity contribution in [3.8, 4) is 11.5 Å². The van der Waals surface area contributed by atoms with Crippen molar-refractivity contribution in [2.45, 2.75) is 219 Å². The zero-order valence-electron chi connectivity index (χ0n) is 34.4. The highest BCUT2D eigenvalue weighted by Crippen LogP contribution is 2.24. The summed E-state index contributed by atoms with van der Waals surface area (Å²) in [6, 6.07) is 15.9. The van der Waals surface area contributed by atoms with Crippen molar-refractivity contribution in [3.63, 3.8) is 0 Å². The van der Waals surface area contributed by atoms with Crippen LogP contribution >= 0.6 is 0 Å². The van der Waals surface area contributed by atoms with Crippen LogP contribution in [0.2, 0.25) is 0 Å². The molecule has 296 valence electrons. The number of unbranched alkanes of at least 4 members (excludes halogenated alkanes) is 30. The average Bonchev–Trinajstić information content (AvgIpc) is 3.17. The van der Waals surface area contributed by atoms with Crippen LogP contribution < -0.4 is 9.47 Å². The Labute approximate surface area is 322 Å². The average molecular weight is 719 g/mol. The molecule has 2 aromatic rings. The number of nitrogens with zero attached hydrogens (tertiary/aromatic N) is 2. The maximum absolute atomic E-state index is 5.97. The second-order valence-electron chi connectivity index (χ2n) is 15.5. The maximum atomic E-state index is 5.97. The first-order chi connectivity index (χ1) is 25.8. The van der Waals surface area contributed by atoms with Crippen LogP contribution in [0.15, 0.2) is 58.8 Å². The quantitative estimate of drug-likeness (QED) is 0.0512. The fourth-order valence-electron chi connectivity index (χ4n) is 7.01. The van der Waals surface area contributed by atoms with E-state index in [1.54, 1.807) is 0 Å². The molecule has 0 fully saturated rings. The van der Waals surface area contributed by atoms with Gasteiger partial charge < -0.3 is 9.47 Å². The molecule has 0 unspecified atom stereocenters. The predicted molar refractivity (Wildman–Crippen MR) is 227 cm³/mol. The Morgan fingerprint density at radius 2 is 0.500 bits per heavy atom. The van der Waals surface area contributed by atoms with Gasteiger partial charge in [-0.05, 0) is 61.4 Å². The molecule has 0 aliphatic heterocycles. The molecule has 0 aliphatic rings. The van der Waals surface area contributed by atoms with E-state index in [0.29, 0.717) is 0 Å². The molecule has 0 bridgehead atoms. The molecule has 0 amide bonds. The van der Waals surface area contributed by atoms with Gasteiger partial charge in [-0.3, -0.25) is 0 Å². The van der Waals surface area contributed by atoms with Crippen molar-refractivity contribution in [1.82, 2.24) is 0 Å². The van der Waals surface area contributed by atoms with Crippen LogP contribution in [0, 0.1) is 0 Å². The SMILES string of the molecule is CCCCCCCCCCCCCCCCCCOc1ccc(/N=N/c2ccc(OCCCCCCCCCCCCCCCCCC)cc2)cc1. The van der Waals surface area contributed by atoms with Gasteiger partial charge in [-0.25, -0.2) is 0 Å². The molecule has 0 heterocycles. The van der Waals surface area contributed by atoms with Crippen LogP contribution in [0.5, 0.6) is 11.5 Å². The molecular formula is C48H82N2O2. The van der Waals surface area contributed by atoms with E-state index in [1.807, 2.05) is 48.5 Å². The van der Waals surface area contributed by atoms with Crippen LogP contribution in [-0.2, 0) is 0 Å². The van der Waals surface area contributed by atoms with Gasteiger partial charge in [0.15, 0.2) is 0 Å². The largest absolute Gasteiger partial charge is 0.494 e. The summed E-state index contributed by atoms with van der Waals surface area (Å²) in [5, 5.41) is 8.82. The minimum atomic E-state index is 0.785. The van der Waals surface area contributed by atoms with E-state index in [0.717, 1.165) is 48.9 Å². The zero-order chi connectivity index (χ0) is 36.8. The summed E-state index contributed by atoms with van der Waals surface area (Å²) in [6.07, 6.45) is 44.4. The van der Waals surface area contributed by atoms with E-state index in [1.165, 1.54) is 193 Å². The van der Waals surface area contributed by atoms with E-state index >= 15 is 0 Å². The topological polar surface area (TPSA) is 43.2 Å². The van der Waals surface area contributed by atoms with Gasteiger partial charge in [0.1, 0.15) is 11.5 Å². The number of hydrogen-bond acceptors (Lipinski definition) is 4. The van der Waals surface area contributed by atoms with E-state index in [4.69, 9.17) is 9.47 Å². The molecule has 0 atom stereocenters. The van der Waals surface area contributed by atoms with Crippen molar-refractivity contribution >= 4 is 11.4 Å². The normalized spacial score (nSPS) is 11.5. The minimum Gasteiger partial charge on any atom is -0.494 e. The molecule has 0 spiro atoms. The van der Waals surface area contributed by atoms with Crippen LogP contribution in [0.3, 0.4) is 0 Å². The standard InChI is InChI=1S/C48H82N2O2/c1-3-5-7-9-11-13-15-17-19-21-23-25-27-29-31-33-43-51-47-39-35-45(36-40-47)49-50-46-37-41-48(42-38-46)52-44-34-32-30-28-26-24-22-20-18-16-14-12-10-8-6-4-2/h35-42H,3-34,43-44H2,1-2H3/b50-49+. The Bertz CT molecular complexity index is 952. The van der Waals surface area contributed by atoms with Gasteiger partial charge in [0.2, 0.25) is 0 Å². The molecule has 2 rings (SSSR count). The fraction of sp³-hybridized carbons (Fsp3) is 0.750. The lowest BCUT2D eigenvalue weighted by Crippen LogP contribution is -1.97. The van der Waals surface area contributed by atoms with E-state index < -0.39 is 0 Å². The smallest absolute Gasteiger partial charge is 0.119 e. The number of azo groups is 1. The van der Waals surface area contributed by atoms with Crippen LogP contribution in [-0.4, -0.2) is 13.2 Å². The zero-order valence-corrected chi connectivity index (χ0v) is 34.4. The highest BCUT2D eigenvalue weighted by Gasteiger charge is 2.00. The van der Waals surface area contributed by atoms with Gasteiger partial charge >= 0.3 is 0 Å². The Kier molecular flexibility index (Phi) is 31.4. The minimum absolute atomic E-state index is 0.785. The lowest BCUT2D eigenvalue weighted by atomic mass is 10.0. The third-order valence-electron chi connectivity index (χ3n) is 10.5. The first-order valence-corrected chi connectivity index (χ1v) is 22.7. The van der Waals surface area contributed by atoms with Crippen molar-refractivity contribution < 1.29 is 9.47 Å². The Morgan fingerprint density at radius 3 is 0.731 bits per heavy atom. The van der Waals surface area contributed by atoms with Gasteiger partial charge in [0.25, 0.3) is 0 Å². The molecule has 4 heteroatoms. The van der Waals surface area contributed by atoms with Gasteiger partial charge in [-0.15, -0.1) is 0 Å². The van der Waals surface area contributed by atoms with Gasteiger partial charge in [-0.2, -0.15) is 10.2 Å². The van der Waals surface area contributed by atoms with Crippen molar-refractivity contribution in [2.75, 3.05) is 13.2 Å². The summed E-state index contributed by atoms with van der Waals surface area (Å²) in [5.41, 5.74) is 1.66. The number of benzene rings is 2. The molecule has 0 radical (unpaired) electrons. The number of rotatable bonds is 38. The Balaban J connectivity index is 1.38. The third kappa shape index (κ3) is 28.2. The molecule has 0 N–H and O–H groups in total. The van der Waals surface area contributed by atoms with Gasteiger partial charge in [0, 0.05) is 0 Å². The van der Waals surface area contributed by atoms with E-state index in [9.17, 15) is 0 Å². The number of ether oxygens (including phenoxy) is 2. The molecule has 0 aromatic heterocycles. The number of hydrogen-bond donors (Lipinski definition) is 0. The predicted octanol–water partition coefficient (Wildman–Crippen LogP) is 17.4. The summed E-state index contributed by atoms with van der Waals surface area (Å²) in [5.74, 6) is 1.82. The first kappa shape index (κ1) is 45.8. The summed E-state index contributed by atoms with van der Waals surface area (Å²) in [7, 11) is 0. The summed E-state index contributed by atoms with van der Waals surface area (Å²) in [4.78, 5) is 0. The van der Waals surface area contributed by atoms with Crippen molar-refractivity contribution in [2.24, 2.45) is 10.2 Å². The fourth-order valence-corrected chi connectivity index (χ4v) is 7.01. The Morgan fingerprint density at radius 1 is 0.288 bits per heavy atom. The lowest BCUT2D eigenvalue weighted by molar-refractivity contribution is 0.304. The summed E-state index contributed by atoms with van der Waals surface area (Å²) in [6.45, 7) is 6.16. The molecular weight excluding hydrogens is 637 g/mol. The monoisotopic (exact) mass is 719 g/mol. The second-order valence-corrected chi connectivity index (χ2v) is 15.5. The summed E-state index contributed by atoms with van der Waals surface area (Å²) >= 11 is 0. The molecule has 4 nitrogen and oxygen atoms in total. The van der Waals surface area contributed by atoms with Crippen LogP contribution in [0.25, 0.3) is 0 Å². The van der Waals surface area contributed by atoms with Crippen LogP contribution in [0.1, 0.15) is 219 Å².